The van der Waals surface area contributed by atoms with Gasteiger partial charge in [0.1, 0.15) is 4.90 Å². The lowest BCUT2D eigenvalue weighted by Gasteiger charge is -2.26. The summed E-state index contributed by atoms with van der Waals surface area (Å²) < 4.78 is 61.4. The van der Waals surface area contributed by atoms with Gasteiger partial charge in [0.05, 0.1) is 34.9 Å². The molecule has 1 amide bonds. The third-order valence-corrected chi connectivity index (χ3v) is 9.62. The largest absolute Gasteiger partial charge is 0.379 e. The Morgan fingerprint density at radius 3 is 2.38 bits per heavy atom. The van der Waals surface area contributed by atoms with Crippen molar-refractivity contribution in [2.24, 2.45) is 0 Å². The van der Waals surface area contributed by atoms with Gasteiger partial charge in [-0.2, -0.15) is 4.31 Å². The molecular weight excluding hydrogens is 564 g/mol. The molecule has 39 heavy (non-hydrogen) atoms. The zero-order valence-electron chi connectivity index (χ0n) is 20.4. The number of halogens is 1. The van der Waals surface area contributed by atoms with Crippen LogP contribution in [0.3, 0.4) is 0 Å². The molecule has 202 valence electrons. The summed E-state index contributed by atoms with van der Waals surface area (Å²) in [5, 5.41) is 3.54. The van der Waals surface area contributed by atoms with Crippen LogP contribution in [0.5, 0.6) is 0 Å². The van der Waals surface area contributed by atoms with E-state index in [1.165, 1.54) is 59.0 Å². The number of carbonyl (C=O) groups excluding carboxylic acids is 1. The molecule has 0 unspecified atom stereocenters. The molecule has 1 aliphatic rings. The van der Waals surface area contributed by atoms with Gasteiger partial charge in [-0.3, -0.25) is 14.5 Å². The number of fused-ring (bicyclic) bond motifs is 1. The van der Waals surface area contributed by atoms with E-state index in [4.69, 9.17) is 16.3 Å². The molecule has 0 spiro atoms. The molecular formula is C26H23ClN4O6S2. The summed E-state index contributed by atoms with van der Waals surface area (Å²) in [6.07, 6.45) is 1.50. The smallest absolute Gasteiger partial charge is 0.264 e. The lowest BCUT2D eigenvalue weighted by atomic mass is 10.1. The number of morpholine rings is 1. The third-order valence-electron chi connectivity index (χ3n) is 6.08. The van der Waals surface area contributed by atoms with Gasteiger partial charge < -0.3 is 10.1 Å². The van der Waals surface area contributed by atoms with Crippen molar-refractivity contribution in [1.82, 2.24) is 9.29 Å². The fourth-order valence-corrected chi connectivity index (χ4v) is 6.97. The second kappa shape index (κ2) is 10.9. The molecule has 4 aromatic rings. The quantitative estimate of drug-likeness (QED) is 0.335. The number of amides is 1. The number of ether oxygens (including phenoxy) is 1. The molecule has 0 bridgehead atoms. The van der Waals surface area contributed by atoms with Gasteiger partial charge in [-0.25, -0.2) is 16.8 Å². The van der Waals surface area contributed by atoms with Crippen molar-refractivity contribution in [3.63, 3.8) is 0 Å². The van der Waals surface area contributed by atoms with Crippen LogP contribution in [-0.4, -0.2) is 58.3 Å². The zero-order chi connectivity index (χ0) is 27.6. The summed E-state index contributed by atoms with van der Waals surface area (Å²) in [5.74, 6) is -0.643. The molecule has 1 aliphatic heterocycles. The number of carbonyl (C=O) groups is 1. The molecule has 1 saturated heterocycles. The predicted octanol–water partition coefficient (Wildman–Crippen LogP) is 3.96. The number of benzene rings is 3. The van der Waals surface area contributed by atoms with Gasteiger partial charge in [0, 0.05) is 35.4 Å². The molecule has 2 N–H and O–H groups in total. The van der Waals surface area contributed by atoms with Crippen molar-refractivity contribution in [1.29, 1.82) is 0 Å². The summed E-state index contributed by atoms with van der Waals surface area (Å²) in [5.41, 5.74) is 0.591. The van der Waals surface area contributed by atoms with Gasteiger partial charge in [-0.1, -0.05) is 29.8 Å². The highest BCUT2D eigenvalue weighted by atomic mass is 35.5. The summed E-state index contributed by atoms with van der Waals surface area (Å²) in [7, 11) is -7.82. The summed E-state index contributed by atoms with van der Waals surface area (Å²) >= 11 is 6.13. The Hall–Kier alpha value is -3.55. The number of nitrogens with zero attached hydrogens (tertiary/aromatic N) is 2. The lowest BCUT2D eigenvalue weighted by molar-refractivity contribution is 0.0730. The van der Waals surface area contributed by atoms with Crippen LogP contribution >= 0.6 is 11.6 Å². The SMILES string of the molecule is O=C(Nc1ccc(S(=O)(=O)N2CCOCC2)cc1)c1cc(Cl)ccc1NS(=O)(=O)c1cccc2cccnc12. The van der Waals surface area contributed by atoms with Crippen LogP contribution in [0.15, 0.2) is 88.8 Å². The number of pyridine rings is 1. The van der Waals surface area contributed by atoms with E-state index in [2.05, 4.69) is 15.0 Å². The van der Waals surface area contributed by atoms with Gasteiger partial charge in [0.25, 0.3) is 15.9 Å². The van der Waals surface area contributed by atoms with E-state index in [1.807, 2.05) is 0 Å². The Labute approximate surface area is 230 Å². The van der Waals surface area contributed by atoms with Crippen molar-refractivity contribution in [3.8, 4) is 0 Å². The average molecular weight is 587 g/mol. The maximum atomic E-state index is 13.3. The zero-order valence-corrected chi connectivity index (χ0v) is 22.8. The van der Waals surface area contributed by atoms with Crippen molar-refractivity contribution < 1.29 is 26.4 Å². The van der Waals surface area contributed by atoms with Gasteiger partial charge in [0.15, 0.2) is 0 Å². The molecule has 10 nitrogen and oxygen atoms in total. The molecule has 0 radical (unpaired) electrons. The molecule has 1 aromatic heterocycles. The van der Waals surface area contributed by atoms with Crippen LogP contribution in [0.1, 0.15) is 10.4 Å². The van der Waals surface area contributed by atoms with E-state index in [0.29, 0.717) is 29.8 Å². The second-order valence-electron chi connectivity index (χ2n) is 8.62. The monoisotopic (exact) mass is 586 g/mol. The number of sulfonamides is 2. The number of hydrogen-bond donors (Lipinski definition) is 2. The first kappa shape index (κ1) is 27.0. The lowest BCUT2D eigenvalue weighted by Crippen LogP contribution is -2.40. The first-order valence-corrected chi connectivity index (χ1v) is 15.1. The number of aromatic nitrogens is 1. The minimum absolute atomic E-state index is 0.0105. The molecule has 2 heterocycles. The van der Waals surface area contributed by atoms with Gasteiger partial charge in [-0.15, -0.1) is 0 Å². The molecule has 0 aliphatic carbocycles. The van der Waals surface area contributed by atoms with Gasteiger partial charge >= 0.3 is 0 Å². The average Bonchev–Trinajstić information content (AvgIpc) is 2.94. The fraction of sp³-hybridized carbons (Fsp3) is 0.154. The Bertz CT molecular complexity index is 1750. The van der Waals surface area contributed by atoms with Crippen LogP contribution in [-0.2, 0) is 24.8 Å². The normalized spacial score (nSPS) is 14.7. The highest BCUT2D eigenvalue weighted by molar-refractivity contribution is 7.93. The number of nitrogens with one attached hydrogen (secondary N) is 2. The minimum atomic E-state index is -4.13. The Kier molecular flexibility index (Phi) is 7.56. The van der Waals surface area contributed by atoms with Gasteiger partial charge in [0.2, 0.25) is 10.0 Å². The van der Waals surface area contributed by atoms with Crippen LogP contribution in [0.4, 0.5) is 11.4 Å². The summed E-state index contributed by atoms with van der Waals surface area (Å²) in [6, 6.07) is 18.2. The van der Waals surface area contributed by atoms with E-state index in [9.17, 15) is 21.6 Å². The minimum Gasteiger partial charge on any atom is -0.379 e. The number of hydrogen-bond acceptors (Lipinski definition) is 7. The number of rotatable bonds is 7. The Balaban J connectivity index is 1.39. The highest BCUT2D eigenvalue weighted by Gasteiger charge is 2.26. The molecule has 5 rings (SSSR count). The van der Waals surface area contributed by atoms with E-state index < -0.39 is 26.0 Å². The Morgan fingerprint density at radius 2 is 1.64 bits per heavy atom. The van der Waals surface area contributed by atoms with Gasteiger partial charge in [-0.05, 0) is 54.6 Å². The van der Waals surface area contributed by atoms with Crippen LogP contribution in [0.2, 0.25) is 5.02 Å². The van der Waals surface area contributed by atoms with Crippen LogP contribution < -0.4 is 10.0 Å². The van der Waals surface area contributed by atoms with Crippen molar-refractivity contribution in [2.75, 3.05) is 36.3 Å². The van der Waals surface area contributed by atoms with E-state index >= 15 is 0 Å². The number of para-hydroxylation sites is 1. The summed E-state index contributed by atoms with van der Waals surface area (Å²) in [6.45, 7) is 1.19. The van der Waals surface area contributed by atoms with Crippen molar-refractivity contribution >= 4 is 59.8 Å². The van der Waals surface area contributed by atoms with E-state index in [-0.39, 0.29) is 39.2 Å². The first-order valence-electron chi connectivity index (χ1n) is 11.8. The predicted molar refractivity (Wildman–Crippen MR) is 148 cm³/mol. The second-order valence-corrected chi connectivity index (χ2v) is 12.6. The fourth-order valence-electron chi connectivity index (χ4n) is 4.13. The molecule has 13 heteroatoms. The molecule has 0 saturated carbocycles. The maximum absolute atomic E-state index is 13.3. The van der Waals surface area contributed by atoms with Crippen molar-refractivity contribution in [2.45, 2.75) is 9.79 Å². The van der Waals surface area contributed by atoms with Crippen LogP contribution in [0.25, 0.3) is 10.9 Å². The maximum Gasteiger partial charge on any atom is 0.264 e. The van der Waals surface area contributed by atoms with E-state index in [1.54, 1.807) is 24.3 Å². The molecule has 1 fully saturated rings. The standard InChI is InChI=1S/C26H23ClN4O6S2/c27-19-6-11-23(30-38(33,34)24-5-1-3-18-4-2-12-28-25(18)24)22(17-19)26(32)29-20-7-9-21(10-8-20)39(35,36)31-13-15-37-16-14-31/h1-12,17,30H,13-16H2,(H,29,32). The Morgan fingerprint density at radius 1 is 0.923 bits per heavy atom. The highest BCUT2D eigenvalue weighted by Crippen LogP contribution is 2.28. The third kappa shape index (κ3) is 5.75. The number of anilines is 2. The van der Waals surface area contributed by atoms with Crippen molar-refractivity contribution in [3.05, 3.63) is 89.6 Å². The molecule has 0 atom stereocenters. The van der Waals surface area contributed by atoms with Crippen LogP contribution in [0, 0.1) is 0 Å². The van der Waals surface area contributed by atoms with E-state index in [0.717, 1.165) is 0 Å². The first-order chi connectivity index (χ1) is 18.6. The molecule has 3 aromatic carbocycles. The topological polar surface area (TPSA) is 135 Å². The summed E-state index contributed by atoms with van der Waals surface area (Å²) in [4.78, 5) is 17.4.